The van der Waals surface area contributed by atoms with E-state index in [0.717, 1.165) is 103 Å². The molecule has 0 radical (unpaired) electrons. The minimum atomic E-state index is -0.830. The SMILES string of the molecule is O=C(O)C1CCCCC1C(=O)NC1CCC(OC2CCC(OC3CCC(NOCC4CCCCC4COO)CC3)CC2)CC1. The predicted molar refractivity (Wildman–Crippen MR) is 165 cm³/mol. The van der Waals surface area contributed by atoms with Crippen molar-refractivity contribution in [1.82, 2.24) is 10.8 Å². The molecular weight excluding hydrogens is 564 g/mol. The van der Waals surface area contributed by atoms with E-state index in [9.17, 15) is 14.7 Å². The molecule has 0 heterocycles. The largest absolute Gasteiger partial charge is 0.481 e. The van der Waals surface area contributed by atoms with Crippen molar-refractivity contribution in [3.63, 3.8) is 0 Å². The van der Waals surface area contributed by atoms with Gasteiger partial charge in [-0.1, -0.05) is 25.7 Å². The van der Waals surface area contributed by atoms with Gasteiger partial charge in [0.2, 0.25) is 5.91 Å². The number of carbonyl (C=O) groups excluding carboxylic acids is 1. The first kappa shape index (κ1) is 34.0. The molecule has 44 heavy (non-hydrogen) atoms. The highest BCUT2D eigenvalue weighted by molar-refractivity contribution is 5.85. The van der Waals surface area contributed by atoms with Crippen molar-refractivity contribution in [3.05, 3.63) is 0 Å². The van der Waals surface area contributed by atoms with Crippen LogP contribution in [0.1, 0.15) is 128 Å². The van der Waals surface area contributed by atoms with E-state index in [-0.39, 0.29) is 24.0 Å². The molecule has 252 valence electrons. The second kappa shape index (κ2) is 17.6. The second-order valence-electron chi connectivity index (χ2n) is 14.5. The summed E-state index contributed by atoms with van der Waals surface area (Å²) in [6, 6.07) is 0.517. The fraction of sp³-hybridized carbons (Fsp3) is 0.941. The minimum absolute atomic E-state index is 0.0588. The maximum absolute atomic E-state index is 12.9. The fourth-order valence-electron chi connectivity index (χ4n) is 8.65. The first-order valence-electron chi connectivity index (χ1n) is 18.0. The Labute approximate surface area is 263 Å². The van der Waals surface area contributed by atoms with E-state index in [1.165, 1.54) is 12.8 Å². The Kier molecular flexibility index (Phi) is 13.6. The third-order valence-electron chi connectivity index (χ3n) is 11.4. The van der Waals surface area contributed by atoms with E-state index in [4.69, 9.17) is 19.6 Å². The van der Waals surface area contributed by atoms with Crippen LogP contribution in [0.4, 0.5) is 0 Å². The average Bonchev–Trinajstić information content (AvgIpc) is 3.04. The maximum Gasteiger partial charge on any atom is 0.307 e. The Morgan fingerprint density at radius 1 is 0.568 bits per heavy atom. The molecule has 0 bridgehead atoms. The zero-order valence-electron chi connectivity index (χ0n) is 26.7. The molecule has 0 spiro atoms. The van der Waals surface area contributed by atoms with E-state index in [2.05, 4.69) is 15.7 Å². The summed E-state index contributed by atoms with van der Waals surface area (Å²) in [5.41, 5.74) is 3.32. The molecule has 4 atom stereocenters. The van der Waals surface area contributed by atoms with Gasteiger partial charge in [0.1, 0.15) is 0 Å². The molecule has 4 N–H and O–H groups in total. The molecule has 5 aliphatic carbocycles. The molecular formula is C34H58N2O8. The number of carbonyl (C=O) groups is 2. The summed E-state index contributed by atoms with van der Waals surface area (Å²) in [6.45, 7) is 1.09. The summed E-state index contributed by atoms with van der Waals surface area (Å²) < 4.78 is 13.1. The molecule has 0 saturated heterocycles. The zero-order chi connectivity index (χ0) is 30.7. The van der Waals surface area contributed by atoms with Gasteiger partial charge >= 0.3 is 5.97 Å². The van der Waals surface area contributed by atoms with Gasteiger partial charge in [0.15, 0.2) is 0 Å². The molecule has 10 nitrogen and oxygen atoms in total. The van der Waals surface area contributed by atoms with E-state index in [1.54, 1.807) is 0 Å². The highest BCUT2D eigenvalue weighted by atomic mass is 17.1. The van der Waals surface area contributed by atoms with E-state index in [1.807, 2.05) is 0 Å². The molecule has 0 aromatic rings. The van der Waals surface area contributed by atoms with Crippen LogP contribution in [0.2, 0.25) is 0 Å². The lowest BCUT2D eigenvalue weighted by atomic mass is 9.78. The van der Waals surface area contributed by atoms with Gasteiger partial charge < -0.3 is 24.7 Å². The van der Waals surface area contributed by atoms with Gasteiger partial charge in [-0.15, -0.1) is 0 Å². The molecule has 5 fully saturated rings. The van der Waals surface area contributed by atoms with Crippen LogP contribution in [-0.2, 0) is 28.8 Å². The standard InChI is InChI=1S/C34H58N2O8/c37-33(31-7-3-4-8-32(31)34(38)39)35-25-9-13-27(14-10-25)43-29-17-19-30(20-18-29)44-28-15-11-26(12-16-28)36-41-21-23-5-1-2-6-24(23)22-42-40/h23-32,36,40H,1-22H2,(H,35,37)(H,38,39). The van der Waals surface area contributed by atoms with Gasteiger partial charge in [-0.2, -0.15) is 5.48 Å². The van der Waals surface area contributed by atoms with Crippen LogP contribution in [0.5, 0.6) is 0 Å². The first-order valence-corrected chi connectivity index (χ1v) is 18.0. The number of amides is 1. The van der Waals surface area contributed by atoms with Crippen molar-refractivity contribution in [3.8, 4) is 0 Å². The number of carboxylic acids is 1. The number of ether oxygens (including phenoxy) is 2. The van der Waals surface area contributed by atoms with Crippen LogP contribution >= 0.6 is 0 Å². The van der Waals surface area contributed by atoms with Gasteiger partial charge in [-0.3, -0.25) is 14.8 Å². The number of hydroxylamine groups is 1. The third-order valence-corrected chi connectivity index (χ3v) is 11.4. The summed E-state index contributed by atoms with van der Waals surface area (Å²) in [4.78, 5) is 34.8. The van der Waals surface area contributed by atoms with Crippen molar-refractivity contribution in [2.24, 2.45) is 23.7 Å². The van der Waals surface area contributed by atoms with Crippen molar-refractivity contribution >= 4 is 11.9 Å². The number of rotatable bonds is 13. The molecule has 1 amide bonds. The van der Waals surface area contributed by atoms with Gasteiger partial charge in [0.05, 0.1) is 49.5 Å². The second-order valence-corrected chi connectivity index (χ2v) is 14.5. The predicted octanol–water partition coefficient (Wildman–Crippen LogP) is 5.78. The Bertz CT molecular complexity index is 865. The Morgan fingerprint density at radius 3 is 1.55 bits per heavy atom. The minimum Gasteiger partial charge on any atom is -0.481 e. The lowest BCUT2D eigenvalue weighted by molar-refractivity contribution is -0.256. The van der Waals surface area contributed by atoms with Crippen molar-refractivity contribution in [2.75, 3.05) is 13.2 Å². The lowest BCUT2D eigenvalue weighted by Crippen LogP contribution is -2.46. The Balaban J connectivity index is 0.907. The van der Waals surface area contributed by atoms with Crippen LogP contribution < -0.4 is 10.8 Å². The molecule has 5 aliphatic rings. The summed E-state index contributed by atoms with van der Waals surface area (Å²) >= 11 is 0. The molecule has 5 rings (SSSR count). The van der Waals surface area contributed by atoms with Crippen LogP contribution in [-0.4, -0.2) is 72.0 Å². The number of aliphatic carboxylic acids is 1. The van der Waals surface area contributed by atoms with Crippen LogP contribution in [0.3, 0.4) is 0 Å². The summed E-state index contributed by atoms with van der Waals surface area (Å²) in [6.07, 6.45) is 21.3. The van der Waals surface area contributed by atoms with Crippen molar-refractivity contribution < 1.29 is 39.2 Å². The quantitative estimate of drug-likeness (QED) is 0.149. The molecule has 4 unspecified atom stereocenters. The van der Waals surface area contributed by atoms with Gasteiger partial charge in [-0.25, -0.2) is 4.89 Å². The normalized spacial score (nSPS) is 38.6. The molecule has 10 heteroatoms. The number of carboxylic acid groups (broad SMARTS) is 1. The number of nitrogens with one attached hydrogen (secondary N) is 2. The Morgan fingerprint density at radius 2 is 1.02 bits per heavy atom. The van der Waals surface area contributed by atoms with Crippen molar-refractivity contribution in [2.45, 2.75) is 165 Å². The van der Waals surface area contributed by atoms with E-state index >= 15 is 0 Å². The van der Waals surface area contributed by atoms with Gasteiger partial charge in [-0.05, 0) is 115 Å². The third kappa shape index (κ3) is 10.1. The van der Waals surface area contributed by atoms with Crippen molar-refractivity contribution in [1.29, 1.82) is 0 Å². The number of hydrogen-bond acceptors (Lipinski definition) is 8. The van der Waals surface area contributed by atoms with Crippen LogP contribution in [0.15, 0.2) is 0 Å². The van der Waals surface area contributed by atoms with E-state index < -0.39 is 11.9 Å². The number of hydrogen-bond donors (Lipinski definition) is 4. The monoisotopic (exact) mass is 622 g/mol. The van der Waals surface area contributed by atoms with Crippen LogP contribution in [0, 0.1) is 23.7 Å². The highest BCUT2D eigenvalue weighted by Crippen LogP contribution is 2.34. The summed E-state index contributed by atoms with van der Waals surface area (Å²) in [5.74, 6) is -0.969. The highest BCUT2D eigenvalue weighted by Gasteiger charge is 2.37. The molecule has 5 saturated carbocycles. The molecule has 0 aliphatic heterocycles. The summed E-state index contributed by atoms with van der Waals surface area (Å²) in [5, 5.41) is 21.6. The summed E-state index contributed by atoms with van der Waals surface area (Å²) in [7, 11) is 0. The first-order chi connectivity index (χ1) is 21.5. The lowest BCUT2D eigenvalue weighted by Gasteiger charge is -2.37. The zero-order valence-corrected chi connectivity index (χ0v) is 26.7. The maximum atomic E-state index is 12.9. The smallest absolute Gasteiger partial charge is 0.307 e. The topological polar surface area (TPSA) is 136 Å². The fourth-order valence-corrected chi connectivity index (χ4v) is 8.65. The molecule has 0 aromatic carbocycles. The van der Waals surface area contributed by atoms with Gasteiger partial charge in [0.25, 0.3) is 0 Å². The average molecular weight is 623 g/mol. The Hall–Kier alpha value is -1.30. The van der Waals surface area contributed by atoms with Gasteiger partial charge in [0, 0.05) is 12.1 Å². The van der Waals surface area contributed by atoms with Crippen LogP contribution in [0.25, 0.3) is 0 Å². The van der Waals surface area contributed by atoms with E-state index in [0.29, 0.717) is 62.2 Å². The molecule has 0 aromatic heterocycles.